The molecular weight excluding hydrogens is 393 g/mol. The van der Waals surface area contributed by atoms with Gasteiger partial charge in [-0.25, -0.2) is 12.8 Å². The maximum Gasteiger partial charge on any atom is 0.243 e. The van der Waals surface area contributed by atoms with Crippen LogP contribution >= 0.6 is 11.6 Å². The average Bonchev–Trinajstić information content (AvgIpc) is 3.18. The van der Waals surface area contributed by atoms with Crippen LogP contribution in [-0.2, 0) is 14.8 Å². The lowest BCUT2D eigenvalue weighted by atomic mass is 10.3. The SMILES string of the molecule is O=C(CNc1ccc(S(=O)(=O)N2CCCC2)cc1)Nc1ccc(Cl)cc1F. The second-order valence-corrected chi connectivity index (χ2v) is 8.54. The van der Waals surface area contributed by atoms with Gasteiger partial charge in [-0.3, -0.25) is 4.79 Å². The monoisotopic (exact) mass is 411 g/mol. The van der Waals surface area contributed by atoms with Crippen molar-refractivity contribution in [2.75, 3.05) is 30.3 Å². The van der Waals surface area contributed by atoms with E-state index in [-0.39, 0.29) is 22.2 Å². The van der Waals surface area contributed by atoms with Crippen LogP contribution in [0.4, 0.5) is 15.8 Å². The molecule has 1 heterocycles. The number of carbonyl (C=O) groups is 1. The number of anilines is 2. The Morgan fingerprint density at radius 1 is 1.11 bits per heavy atom. The minimum atomic E-state index is -3.46. The lowest BCUT2D eigenvalue weighted by molar-refractivity contribution is -0.114. The number of nitrogens with one attached hydrogen (secondary N) is 2. The molecule has 1 aliphatic heterocycles. The quantitative estimate of drug-likeness (QED) is 0.764. The van der Waals surface area contributed by atoms with Gasteiger partial charge in [0.25, 0.3) is 0 Å². The zero-order chi connectivity index (χ0) is 19.4. The molecule has 0 unspecified atom stereocenters. The Morgan fingerprint density at radius 3 is 2.41 bits per heavy atom. The Kier molecular flexibility index (Phi) is 5.98. The molecule has 27 heavy (non-hydrogen) atoms. The predicted octanol–water partition coefficient (Wildman–Crippen LogP) is 3.31. The maximum atomic E-state index is 13.7. The normalized spacial score (nSPS) is 14.9. The molecule has 0 bridgehead atoms. The molecule has 1 fully saturated rings. The molecule has 1 aliphatic rings. The first-order chi connectivity index (χ1) is 12.9. The van der Waals surface area contributed by atoms with Crippen molar-refractivity contribution in [2.24, 2.45) is 0 Å². The highest BCUT2D eigenvalue weighted by molar-refractivity contribution is 7.89. The Morgan fingerprint density at radius 2 is 1.78 bits per heavy atom. The van der Waals surface area contributed by atoms with E-state index in [1.807, 2.05) is 0 Å². The van der Waals surface area contributed by atoms with Gasteiger partial charge in [0.05, 0.1) is 17.1 Å². The summed E-state index contributed by atoms with van der Waals surface area (Å²) in [6.45, 7) is 0.994. The highest BCUT2D eigenvalue weighted by Crippen LogP contribution is 2.22. The molecule has 1 amide bonds. The van der Waals surface area contributed by atoms with E-state index >= 15 is 0 Å². The fourth-order valence-corrected chi connectivity index (χ4v) is 4.47. The highest BCUT2D eigenvalue weighted by atomic mass is 35.5. The van der Waals surface area contributed by atoms with Gasteiger partial charge in [-0.15, -0.1) is 0 Å². The molecule has 0 spiro atoms. The van der Waals surface area contributed by atoms with Crippen LogP contribution in [0.15, 0.2) is 47.4 Å². The molecule has 0 atom stereocenters. The molecule has 0 aliphatic carbocycles. The Balaban J connectivity index is 1.57. The second kappa shape index (κ2) is 8.24. The Labute approximate surface area is 162 Å². The molecule has 0 saturated carbocycles. The summed E-state index contributed by atoms with van der Waals surface area (Å²) in [7, 11) is -3.46. The number of amides is 1. The van der Waals surface area contributed by atoms with Crippen LogP contribution in [-0.4, -0.2) is 38.3 Å². The van der Waals surface area contributed by atoms with E-state index in [1.54, 1.807) is 12.1 Å². The van der Waals surface area contributed by atoms with E-state index < -0.39 is 21.7 Å². The van der Waals surface area contributed by atoms with Gasteiger partial charge >= 0.3 is 0 Å². The second-order valence-electron chi connectivity index (χ2n) is 6.16. The van der Waals surface area contributed by atoms with Crippen LogP contribution in [0, 0.1) is 5.82 Å². The number of nitrogens with zero attached hydrogens (tertiary/aromatic N) is 1. The van der Waals surface area contributed by atoms with Gasteiger partial charge in [0, 0.05) is 23.8 Å². The van der Waals surface area contributed by atoms with Crippen molar-refractivity contribution in [2.45, 2.75) is 17.7 Å². The minimum absolute atomic E-state index is 0.0401. The largest absolute Gasteiger partial charge is 0.376 e. The topological polar surface area (TPSA) is 78.5 Å². The number of sulfonamides is 1. The minimum Gasteiger partial charge on any atom is -0.376 e. The van der Waals surface area contributed by atoms with Crippen molar-refractivity contribution in [3.8, 4) is 0 Å². The van der Waals surface area contributed by atoms with Crippen molar-refractivity contribution in [1.29, 1.82) is 0 Å². The van der Waals surface area contributed by atoms with Gasteiger partial charge in [0.15, 0.2) is 0 Å². The number of hydrogen-bond donors (Lipinski definition) is 2. The van der Waals surface area contributed by atoms with Crippen molar-refractivity contribution in [1.82, 2.24) is 4.31 Å². The number of carbonyl (C=O) groups excluding carboxylic acids is 1. The van der Waals surface area contributed by atoms with Crippen LogP contribution in [0.2, 0.25) is 5.02 Å². The molecule has 0 radical (unpaired) electrons. The van der Waals surface area contributed by atoms with Gasteiger partial charge in [-0.1, -0.05) is 11.6 Å². The molecule has 2 aromatic rings. The molecule has 1 saturated heterocycles. The summed E-state index contributed by atoms with van der Waals surface area (Å²) in [5.41, 5.74) is 0.625. The lowest BCUT2D eigenvalue weighted by Gasteiger charge is -2.15. The van der Waals surface area contributed by atoms with Crippen molar-refractivity contribution < 1.29 is 17.6 Å². The van der Waals surface area contributed by atoms with Crippen molar-refractivity contribution >= 4 is 38.9 Å². The maximum absolute atomic E-state index is 13.7. The molecule has 9 heteroatoms. The third kappa shape index (κ3) is 4.77. The van der Waals surface area contributed by atoms with Gasteiger partial charge in [-0.05, 0) is 55.3 Å². The summed E-state index contributed by atoms with van der Waals surface area (Å²) in [5.74, 6) is -1.06. The molecule has 2 aromatic carbocycles. The van der Waals surface area contributed by atoms with E-state index in [0.717, 1.165) is 18.9 Å². The summed E-state index contributed by atoms with van der Waals surface area (Å²) < 4.78 is 40.1. The zero-order valence-electron chi connectivity index (χ0n) is 14.4. The van der Waals surface area contributed by atoms with E-state index in [1.165, 1.54) is 28.6 Å². The van der Waals surface area contributed by atoms with Crippen LogP contribution in [0.5, 0.6) is 0 Å². The van der Waals surface area contributed by atoms with Crippen LogP contribution in [0.25, 0.3) is 0 Å². The van der Waals surface area contributed by atoms with Gasteiger partial charge in [0.1, 0.15) is 5.82 Å². The molecule has 3 rings (SSSR count). The summed E-state index contributed by atoms with van der Waals surface area (Å²) in [6.07, 6.45) is 1.75. The first kappa shape index (κ1) is 19.6. The highest BCUT2D eigenvalue weighted by Gasteiger charge is 2.26. The van der Waals surface area contributed by atoms with Crippen LogP contribution < -0.4 is 10.6 Å². The molecule has 6 nitrogen and oxygen atoms in total. The number of rotatable bonds is 6. The first-order valence-electron chi connectivity index (χ1n) is 8.45. The van der Waals surface area contributed by atoms with Gasteiger partial charge < -0.3 is 10.6 Å². The first-order valence-corrected chi connectivity index (χ1v) is 10.3. The number of benzene rings is 2. The third-order valence-electron chi connectivity index (χ3n) is 4.22. The summed E-state index contributed by atoms with van der Waals surface area (Å²) in [4.78, 5) is 12.2. The predicted molar refractivity (Wildman–Crippen MR) is 103 cm³/mol. The Bertz CT molecular complexity index is 929. The fourth-order valence-electron chi connectivity index (χ4n) is 2.79. The smallest absolute Gasteiger partial charge is 0.243 e. The summed E-state index contributed by atoms with van der Waals surface area (Å²) in [6, 6.07) is 10.2. The Hall–Kier alpha value is -2.16. The van der Waals surface area contributed by atoms with Gasteiger partial charge in [-0.2, -0.15) is 4.31 Å². The van der Waals surface area contributed by atoms with Crippen LogP contribution in [0.3, 0.4) is 0 Å². The van der Waals surface area contributed by atoms with E-state index in [0.29, 0.717) is 18.8 Å². The fraction of sp³-hybridized carbons (Fsp3) is 0.278. The molecule has 0 aromatic heterocycles. The zero-order valence-corrected chi connectivity index (χ0v) is 16.0. The number of halogens is 2. The van der Waals surface area contributed by atoms with Crippen molar-refractivity contribution in [3.63, 3.8) is 0 Å². The molecule has 2 N–H and O–H groups in total. The molecular formula is C18H19ClFN3O3S. The van der Waals surface area contributed by atoms with E-state index in [2.05, 4.69) is 10.6 Å². The van der Waals surface area contributed by atoms with E-state index in [9.17, 15) is 17.6 Å². The van der Waals surface area contributed by atoms with Crippen molar-refractivity contribution in [3.05, 3.63) is 53.3 Å². The van der Waals surface area contributed by atoms with Gasteiger partial charge in [0.2, 0.25) is 15.9 Å². The standard InChI is InChI=1S/C18H19ClFN3O3S/c19-13-3-8-17(16(20)11-13)22-18(24)12-21-14-4-6-15(7-5-14)27(25,26)23-9-1-2-10-23/h3-8,11,21H,1-2,9-10,12H2,(H,22,24). The summed E-state index contributed by atoms with van der Waals surface area (Å²) in [5, 5.41) is 5.56. The summed E-state index contributed by atoms with van der Waals surface area (Å²) >= 11 is 5.67. The van der Waals surface area contributed by atoms with Crippen LogP contribution in [0.1, 0.15) is 12.8 Å². The molecule has 144 valence electrons. The lowest BCUT2D eigenvalue weighted by Crippen LogP contribution is -2.27. The van der Waals surface area contributed by atoms with E-state index in [4.69, 9.17) is 11.6 Å². The third-order valence-corrected chi connectivity index (χ3v) is 6.36. The number of hydrogen-bond acceptors (Lipinski definition) is 4. The average molecular weight is 412 g/mol.